The van der Waals surface area contributed by atoms with E-state index < -0.39 is 0 Å². The van der Waals surface area contributed by atoms with Gasteiger partial charge >= 0.3 is 0 Å². The fourth-order valence-electron chi connectivity index (χ4n) is 3.27. The first-order valence-electron chi connectivity index (χ1n) is 8.47. The monoisotopic (exact) mass is 341 g/mol. The topological polar surface area (TPSA) is 60.0 Å². The summed E-state index contributed by atoms with van der Waals surface area (Å²) >= 11 is 0. The molecule has 1 fully saturated rings. The first-order chi connectivity index (χ1) is 12.2. The first-order valence-corrected chi connectivity index (χ1v) is 8.47. The summed E-state index contributed by atoms with van der Waals surface area (Å²) < 4.78 is 20.6. The lowest BCUT2D eigenvalue weighted by Gasteiger charge is -2.30. The predicted molar refractivity (Wildman–Crippen MR) is 90.2 cm³/mol. The van der Waals surface area contributed by atoms with Gasteiger partial charge in [0.2, 0.25) is 11.7 Å². The van der Waals surface area contributed by atoms with Crippen LogP contribution in [0.1, 0.15) is 30.5 Å². The Labute approximate surface area is 145 Å². The lowest BCUT2D eigenvalue weighted by atomic mass is 9.98. The van der Waals surface area contributed by atoms with Crippen molar-refractivity contribution in [3.8, 4) is 11.4 Å². The molecule has 0 aliphatic carbocycles. The molecule has 25 heavy (non-hydrogen) atoms. The Kier molecular flexibility index (Phi) is 4.31. The molecule has 1 saturated heterocycles. The number of hydrogen-bond donors (Lipinski definition) is 0. The van der Waals surface area contributed by atoms with Gasteiger partial charge in [-0.2, -0.15) is 4.98 Å². The van der Waals surface area contributed by atoms with Crippen molar-refractivity contribution in [2.24, 2.45) is 7.05 Å². The van der Waals surface area contributed by atoms with E-state index >= 15 is 0 Å². The molecule has 4 rings (SSSR count). The third-order valence-electron chi connectivity index (χ3n) is 4.68. The lowest BCUT2D eigenvalue weighted by molar-refractivity contribution is 0.175. The van der Waals surface area contributed by atoms with Gasteiger partial charge < -0.3 is 9.09 Å². The molecule has 1 aliphatic heterocycles. The van der Waals surface area contributed by atoms with Crippen molar-refractivity contribution in [2.75, 3.05) is 13.1 Å². The maximum Gasteiger partial charge on any atom is 0.231 e. The average molecular weight is 341 g/mol. The molecular formula is C18H20FN5O. The van der Waals surface area contributed by atoms with Gasteiger partial charge in [0.05, 0.1) is 12.5 Å². The van der Waals surface area contributed by atoms with Crippen molar-refractivity contribution >= 4 is 0 Å². The number of hydrogen-bond acceptors (Lipinski definition) is 5. The molecule has 0 N–H and O–H groups in total. The molecule has 0 radical (unpaired) electrons. The van der Waals surface area contributed by atoms with Gasteiger partial charge in [0.25, 0.3) is 0 Å². The molecule has 1 unspecified atom stereocenters. The fraction of sp³-hybridized carbons (Fsp3) is 0.389. The molecule has 1 atom stereocenters. The van der Waals surface area contributed by atoms with E-state index in [0.29, 0.717) is 11.7 Å². The van der Waals surface area contributed by atoms with Crippen LogP contribution in [0.3, 0.4) is 0 Å². The highest BCUT2D eigenvalue weighted by Gasteiger charge is 2.26. The maximum absolute atomic E-state index is 13.0. The molecule has 6 nitrogen and oxygen atoms in total. The third-order valence-corrected chi connectivity index (χ3v) is 4.68. The minimum Gasteiger partial charge on any atom is -0.339 e. The van der Waals surface area contributed by atoms with Crippen LogP contribution in [0.2, 0.25) is 0 Å². The first kappa shape index (κ1) is 16.0. The SMILES string of the molecule is Cn1ccnc1CN1CCCC(c2nc(-c3ccc(F)cc3)no2)C1. The van der Waals surface area contributed by atoms with Crippen LogP contribution in [0.15, 0.2) is 41.2 Å². The maximum atomic E-state index is 13.0. The summed E-state index contributed by atoms with van der Waals surface area (Å²) in [5.41, 5.74) is 0.761. The normalized spacial score (nSPS) is 18.6. The quantitative estimate of drug-likeness (QED) is 0.730. The third kappa shape index (κ3) is 3.46. The molecule has 2 aromatic heterocycles. The van der Waals surface area contributed by atoms with Crippen LogP contribution in [0.4, 0.5) is 4.39 Å². The summed E-state index contributed by atoms with van der Waals surface area (Å²) in [6.07, 6.45) is 5.90. The molecule has 130 valence electrons. The van der Waals surface area contributed by atoms with E-state index in [1.807, 2.05) is 24.0 Å². The van der Waals surface area contributed by atoms with Crippen LogP contribution in [-0.2, 0) is 13.6 Å². The number of aromatic nitrogens is 4. The van der Waals surface area contributed by atoms with Crippen molar-refractivity contribution < 1.29 is 8.91 Å². The highest BCUT2D eigenvalue weighted by atomic mass is 19.1. The van der Waals surface area contributed by atoms with Crippen LogP contribution >= 0.6 is 0 Å². The van der Waals surface area contributed by atoms with E-state index in [1.54, 1.807) is 12.1 Å². The second-order valence-electron chi connectivity index (χ2n) is 6.49. The number of nitrogens with zero attached hydrogens (tertiary/aromatic N) is 5. The summed E-state index contributed by atoms with van der Waals surface area (Å²) in [6.45, 7) is 2.74. The van der Waals surface area contributed by atoms with Crippen molar-refractivity contribution in [1.82, 2.24) is 24.6 Å². The van der Waals surface area contributed by atoms with Crippen LogP contribution < -0.4 is 0 Å². The smallest absolute Gasteiger partial charge is 0.231 e. The van der Waals surface area contributed by atoms with Gasteiger partial charge in [-0.05, 0) is 43.7 Å². The molecule has 0 amide bonds. The molecule has 0 saturated carbocycles. The average Bonchev–Trinajstić information content (AvgIpc) is 3.26. The standard InChI is InChI=1S/C18H20FN5O/c1-23-10-8-20-16(23)12-24-9-2-3-14(11-24)18-21-17(22-25-18)13-4-6-15(19)7-5-13/h4-8,10,14H,2-3,9,11-12H2,1H3. The lowest BCUT2D eigenvalue weighted by Crippen LogP contribution is -2.34. The van der Waals surface area contributed by atoms with Gasteiger partial charge in [-0.25, -0.2) is 9.37 Å². The van der Waals surface area contributed by atoms with Crippen LogP contribution in [-0.4, -0.2) is 37.7 Å². The zero-order valence-electron chi connectivity index (χ0n) is 14.1. The molecule has 7 heteroatoms. The highest BCUT2D eigenvalue weighted by Crippen LogP contribution is 2.28. The Morgan fingerprint density at radius 2 is 2.12 bits per heavy atom. The second kappa shape index (κ2) is 6.76. The van der Waals surface area contributed by atoms with E-state index in [4.69, 9.17) is 4.52 Å². The van der Waals surface area contributed by atoms with Crippen molar-refractivity contribution in [3.05, 3.63) is 54.2 Å². The number of piperidine rings is 1. The Morgan fingerprint density at radius 3 is 2.88 bits per heavy atom. The fourth-order valence-corrected chi connectivity index (χ4v) is 3.27. The Hall–Kier alpha value is -2.54. The summed E-state index contributed by atoms with van der Waals surface area (Å²) in [5.74, 6) is 2.17. The molecule has 1 aliphatic rings. The number of imidazole rings is 1. The van der Waals surface area contributed by atoms with E-state index in [2.05, 4.69) is 20.0 Å². The van der Waals surface area contributed by atoms with E-state index in [-0.39, 0.29) is 11.7 Å². The number of aryl methyl sites for hydroxylation is 1. The second-order valence-corrected chi connectivity index (χ2v) is 6.49. The van der Waals surface area contributed by atoms with Gasteiger partial charge in [0.15, 0.2) is 0 Å². The number of likely N-dealkylation sites (tertiary alicyclic amines) is 1. The molecule has 3 aromatic rings. The molecule has 3 heterocycles. The number of halogens is 1. The van der Waals surface area contributed by atoms with Crippen molar-refractivity contribution in [3.63, 3.8) is 0 Å². The highest BCUT2D eigenvalue weighted by molar-refractivity contribution is 5.53. The number of benzene rings is 1. The van der Waals surface area contributed by atoms with Crippen molar-refractivity contribution in [2.45, 2.75) is 25.3 Å². The van der Waals surface area contributed by atoms with Gasteiger partial charge in [-0.15, -0.1) is 0 Å². The molecule has 0 spiro atoms. The summed E-state index contributed by atoms with van der Waals surface area (Å²) in [5, 5.41) is 4.06. The Balaban J connectivity index is 1.46. The zero-order chi connectivity index (χ0) is 17.2. The number of rotatable bonds is 4. The van der Waals surface area contributed by atoms with E-state index in [0.717, 1.165) is 43.9 Å². The largest absolute Gasteiger partial charge is 0.339 e. The summed E-state index contributed by atoms with van der Waals surface area (Å²) in [4.78, 5) is 11.3. The van der Waals surface area contributed by atoms with Crippen LogP contribution in [0.5, 0.6) is 0 Å². The Bertz CT molecular complexity index is 841. The van der Waals surface area contributed by atoms with Gasteiger partial charge in [-0.1, -0.05) is 5.16 Å². The summed E-state index contributed by atoms with van der Waals surface area (Å²) in [7, 11) is 2.01. The Morgan fingerprint density at radius 1 is 1.28 bits per heavy atom. The molecule has 1 aromatic carbocycles. The molecule has 0 bridgehead atoms. The van der Waals surface area contributed by atoms with Crippen molar-refractivity contribution in [1.29, 1.82) is 0 Å². The van der Waals surface area contributed by atoms with Gasteiger partial charge in [-0.3, -0.25) is 4.90 Å². The molecular weight excluding hydrogens is 321 g/mol. The minimum atomic E-state index is -0.273. The van der Waals surface area contributed by atoms with Gasteiger partial charge in [0.1, 0.15) is 11.6 Å². The zero-order valence-corrected chi connectivity index (χ0v) is 14.1. The van der Waals surface area contributed by atoms with E-state index in [1.165, 1.54) is 12.1 Å². The van der Waals surface area contributed by atoms with Crippen LogP contribution in [0, 0.1) is 5.82 Å². The minimum absolute atomic E-state index is 0.218. The summed E-state index contributed by atoms with van der Waals surface area (Å²) in [6, 6.07) is 6.14. The van der Waals surface area contributed by atoms with Gasteiger partial charge in [0, 0.05) is 31.5 Å². The predicted octanol–water partition coefficient (Wildman–Crippen LogP) is 2.99. The van der Waals surface area contributed by atoms with E-state index in [9.17, 15) is 4.39 Å². The van der Waals surface area contributed by atoms with Crippen LogP contribution in [0.25, 0.3) is 11.4 Å².